The lowest BCUT2D eigenvalue weighted by Crippen LogP contribution is -2.41. The maximum Gasteiger partial charge on any atom is 0.229 e. The number of nitrogens with one attached hydrogen (secondary N) is 1. The van der Waals surface area contributed by atoms with Crippen molar-refractivity contribution >= 4 is 17.4 Å². The molecule has 3 aromatic rings. The standard InChI is InChI=1S/C25H28N4O/c1-3-19-8-12-22(13-9-19)27-25(30)21-5-4-16-29(17-21)23-14-15-26-24(28-23)20-10-6-18(2)7-11-20/h6-15,21H,3-5,16-17H2,1-2H3,(H,27,30). The number of nitrogens with zero attached hydrogens (tertiary/aromatic N) is 3. The Morgan fingerprint density at radius 3 is 2.60 bits per heavy atom. The maximum atomic E-state index is 12.8. The lowest BCUT2D eigenvalue weighted by Gasteiger charge is -2.33. The first kappa shape index (κ1) is 20.1. The van der Waals surface area contributed by atoms with Crippen LogP contribution in [-0.2, 0) is 11.2 Å². The molecule has 0 aliphatic carbocycles. The van der Waals surface area contributed by atoms with Crippen LogP contribution in [0.25, 0.3) is 11.4 Å². The predicted octanol–water partition coefficient (Wildman–Crippen LogP) is 4.87. The second-order valence-corrected chi connectivity index (χ2v) is 7.93. The second kappa shape index (κ2) is 9.08. The molecule has 1 aromatic heterocycles. The van der Waals surface area contributed by atoms with Gasteiger partial charge in [-0.15, -0.1) is 0 Å². The average Bonchev–Trinajstić information content (AvgIpc) is 2.80. The van der Waals surface area contributed by atoms with Crippen molar-refractivity contribution in [1.82, 2.24) is 9.97 Å². The van der Waals surface area contributed by atoms with E-state index in [4.69, 9.17) is 4.98 Å². The lowest BCUT2D eigenvalue weighted by atomic mass is 9.97. The van der Waals surface area contributed by atoms with Crippen molar-refractivity contribution in [1.29, 1.82) is 0 Å². The van der Waals surface area contributed by atoms with Crippen LogP contribution in [0.2, 0.25) is 0 Å². The first-order valence-electron chi connectivity index (χ1n) is 10.7. The molecule has 1 amide bonds. The molecule has 2 heterocycles. The molecular formula is C25H28N4O. The summed E-state index contributed by atoms with van der Waals surface area (Å²) in [5.41, 5.74) is 4.34. The Balaban J connectivity index is 1.45. The topological polar surface area (TPSA) is 58.1 Å². The minimum absolute atomic E-state index is 0.0533. The third-order valence-electron chi connectivity index (χ3n) is 5.70. The van der Waals surface area contributed by atoms with Gasteiger partial charge in [-0.2, -0.15) is 0 Å². The van der Waals surface area contributed by atoms with Gasteiger partial charge in [0, 0.05) is 30.5 Å². The fourth-order valence-corrected chi connectivity index (χ4v) is 3.83. The first-order chi connectivity index (χ1) is 14.6. The van der Waals surface area contributed by atoms with Crippen molar-refractivity contribution in [3.63, 3.8) is 0 Å². The highest BCUT2D eigenvalue weighted by Gasteiger charge is 2.27. The lowest BCUT2D eigenvalue weighted by molar-refractivity contribution is -0.120. The number of carbonyl (C=O) groups is 1. The van der Waals surface area contributed by atoms with Crippen molar-refractivity contribution in [2.24, 2.45) is 5.92 Å². The predicted molar refractivity (Wildman–Crippen MR) is 122 cm³/mol. The van der Waals surface area contributed by atoms with Crippen LogP contribution in [0.3, 0.4) is 0 Å². The Labute approximate surface area is 178 Å². The van der Waals surface area contributed by atoms with Gasteiger partial charge in [0.1, 0.15) is 5.82 Å². The van der Waals surface area contributed by atoms with E-state index in [2.05, 4.69) is 53.3 Å². The normalized spacial score (nSPS) is 16.3. The SMILES string of the molecule is CCc1ccc(NC(=O)C2CCCN(c3ccnc(-c4ccc(C)cc4)n3)C2)cc1. The monoisotopic (exact) mass is 400 g/mol. The number of piperidine rings is 1. The molecule has 1 unspecified atom stereocenters. The minimum atomic E-state index is -0.0533. The first-order valence-corrected chi connectivity index (χ1v) is 10.7. The molecule has 5 heteroatoms. The summed E-state index contributed by atoms with van der Waals surface area (Å²) in [4.78, 5) is 24.3. The van der Waals surface area contributed by atoms with Crippen LogP contribution in [0.1, 0.15) is 30.9 Å². The molecule has 154 valence electrons. The molecule has 1 aliphatic rings. The Morgan fingerprint density at radius 1 is 1.10 bits per heavy atom. The number of carbonyl (C=O) groups excluding carboxylic acids is 1. The molecule has 4 rings (SSSR count). The van der Waals surface area contributed by atoms with Crippen LogP contribution in [0.5, 0.6) is 0 Å². The van der Waals surface area contributed by atoms with Crippen molar-refractivity contribution < 1.29 is 4.79 Å². The van der Waals surface area contributed by atoms with Gasteiger partial charge in [-0.3, -0.25) is 4.79 Å². The highest BCUT2D eigenvalue weighted by atomic mass is 16.1. The molecule has 1 N–H and O–H groups in total. The van der Waals surface area contributed by atoms with E-state index in [1.165, 1.54) is 11.1 Å². The van der Waals surface area contributed by atoms with Gasteiger partial charge >= 0.3 is 0 Å². The Morgan fingerprint density at radius 2 is 1.87 bits per heavy atom. The van der Waals surface area contributed by atoms with Crippen molar-refractivity contribution in [2.75, 3.05) is 23.3 Å². The number of rotatable bonds is 5. The van der Waals surface area contributed by atoms with Crippen LogP contribution in [-0.4, -0.2) is 29.0 Å². The molecule has 30 heavy (non-hydrogen) atoms. The Hall–Kier alpha value is -3.21. The van der Waals surface area contributed by atoms with E-state index in [9.17, 15) is 4.79 Å². The summed E-state index contributed by atoms with van der Waals surface area (Å²) in [5.74, 6) is 1.62. The summed E-state index contributed by atoms with van der Waals surface area (Å²) in [6.07, 6.45) is 4.66. The van der Waals surface area contributed by atoms with E-state index in [-0.39, 0.29) is 11.8 Å². The minimum Gasteiger partial charge on any atom is -0.356 e. The zero-order valence-electron chi connectivity index (χ0n) is 17.6. The van der Waals surface area contributed by atoms with E-state index in [0.717, 1.165) is 48.7 Å². The van der Waals surface area contributed by atoms with Crippen LogP contribution < -0.4 is 10.2 Å². The van der Waals surface area contributed by atoms with Crippen molar-refractivity contribution in [3.8, 4) is 11.4 Å². The number of aromatic nitrogens is 2. The van der Waals surface area contributed by atoms with E-state index in [1.807, 2.05) is 30.3 Å². The third-order valence-corrected chi connectivity index (χ3v) is 5.70. The highest BCUT2D eigenvalue weighted by Crippen LogP contribution is 2.25. The smallest absolute Gasteiger partial charge is 0.229 e. The number of benzene rings is 2. The van der Waals surface area contributed by atoms with Gasteiger partial charge in [-0.05, 0) is 49.9 Å². The molecule has 5 nitrogen and oxygen atoms in total. The van der Waals surface area contributed by atoms with Gasteiger partial charge in [0.2, 0.25) is 5.91 Å². The zero-order valence-corrected chi connectivity index (χ0v) is 17.6. The van der Waals surface area contributed by atoms with E-state index < -0.39 is 0 Å². The van der Waals surface area contributed by atoms with Gasteiger partial charge in [0.25, 0.3) is 0 Å². The molecule has 2 aromatic carbocycles. The summed E-state index contributed by atoms with van der Waals surface area (Å²) in [5, 5.41) is 3.08. The van der Waals surface area contributed by atoms with E-state index in [0.29, 0.717) is 6.54 Å². The number of hydrogen-bond acceptors (Lipinski definition) is 4. The molecule has 0 bridgehead atoms. The third kappa shape index (κ3) is 4.67. The summed E-state index contributed by atoms with van der Waals surface area (Å²) in [6, 6.07) is 18.3. The highest BCUT2D eigenvalue weighted by molar-refractivity contribution is 5.93. The van der Waals surface area contributed by atoms with Gasteiger partial charge in [0.05, 0.1) is 5.92 Å². The van der Waals surface area contributed by atoms with E-state index >= 15 is 0 Å². The zero-order chi connectivity index (χ0) is 20.9. The average molecular weight is 401 g/mol. The number of amides is 1. The van der Waals surface area contributed by atoms with Crippen LogP contribution >= 0.6 is 0 Å². The van der Waals surface area contributed by atoms with Gasteiger partial charge in [-0.25, -0.2) is 9.97 Å². The molecule has 0 saturated carbocycles. The number of anilines is 2. The van der Waals surface area contributed by atoms with Crippen molar-refractivity contribution in [3.05, 3.63) is 71.9 Å². The van der Waals surface area contributed by atoms with Crippen LogP contribution in [0, 0.1) is 12.8 Å². The largest absolute Gasteiger partial charge is 0.356 e. The molecule has 0 spiro atoms. The fourth-order valence-electron chi connectivity index (χ4n) is 3.83. The maximum absolute atomic E-state index is 12.8. The molecule has 1 atom stereocenters. The summed E-state index contributed by atoms with van der Waals surface area (Å²) in [6.45, 7) is 5.77. The van der Waals surface area contributed by atoms with Gasteiger partial charge in [0.15, 0.2) is 5.82 Å². The van der Waals surface area contributed by atoms with Crippen LogP contribution in [0.4, 0.5) is 11.5 Å². The Kier molecular flexibility index (Phi) is 6.07. The number of hydrogen-bond donors (Lipinski definition) is 1. The molecule has 1 saturated heterocycles. The molecule has 1 aliphatic heterocycles. The van der Waals surface area contributed by atoms with Gasteiger partial charge < -0.3 is 10.2 Å². The molecule has 0 radical (unpaired) electrons. The fraction of sp³-hybridized carbons (Fsp3) is 0.320. The van der Waals surface area contributed by atoms with E-state index in [1.54, 1.807) is 6.20 Å². The van der Waals surface area contributed by atoms with Crippen molar-refractivity contribution in [2.45, 2.75) is 33.1 Å². The second-order valence-electron chi connectivity index (χ2n) is 7.93. The summed E-state index contributed by atoms with van der Waals surface area (Å²) >= 11 is 0. The molecule has 1 fully saturated rings. The quantitative estimate of drug-likeness (QED) is 0.664. The van der Waals surface area contributed by atoms with Gasteiger partial charge in [-0.1, -0.05) is 48.9 Å². The Bertz CT molecular complexity index is 998. The van der Waals surface area contributed by atoms with Crippen LogP contribution in [0.15, 0.2) is 60.8 Å². The summed E-state index contributed by atoms with van der Waals surface area (Å²) in [7, 11) is 0. The molecular weight excluding hydrogens is 372 g/mol. The number of aryl methyl sites for hydroxylation is 2. The summed E-state index contributed by atoms with van der Waals surface area (Å²) < 4.78 is 0.